The lowest BCUT2D eigenvalue weighted by atomic mass is 9.81. The van der Waals surface area contributed by atoms with Crippen molar-refractivity contribution in [3.63, 3.8) is 0 Å². The van der Waals surface area contributed by atoms with Gasteiger partial charge in [-0.3, -0.25) is 4.79 Å². The molecule has 0 radical (unpaired) electrons. The molecular formula is C17H23ClN2O2. The number of hydrogen-bond donors (Lipinski definition) is 2. The SMILES string of the molecule is CC1(CNC(=O)C2COc3ccc(Cl)cc3C2)CCNCC1. The summed E-state index contributed by atoms with van der Waals surface area (Å²) < 4.78 is 5.70. The van der Waals surface area contributed by atoms with Crippen LogP contribution in [0.3, 0.4) is 0 Å². The minimum atomic E-state index is -0.128. The predicted octanol–water partition coefficient (Wildman–Crippen LogP) is 2.40. The van der Waals surface area contributed by atoms with Gasteiger partial charge in [-0.05, 0) is 61.5 Å². The molecule has 2 heterocycles. The minimum Gasteiger partial charge on any atom is -0.492 e. The molecule has 0 aliphatic carbocycles. The van der Waals surface area contributed by atoms with Gasteiger partial charge in [0.2, 0.25) is 5.91 Å². The van der Waals surface area contributed by atoms with Gasteiger partial charge in [-0.15, -0.1) is 0 Å². The third-order valence-electron chi connectivity index (χ3n) is 4.80. The molecular weight excluding hydrogens is 300 g/mol. The molecule has 2 N–H and O–H groups in total. The first-order valence-corrected chi connectivity index (χ1v) is 8.33. The highest BCUT2D eigenvalue weighted by molar-refractivity contribution is 6.30. The van der Waals surface area contributed by atoms with Crippen LogP contribution in [0.2, 0.25) is 5.02 Å². The van der Waals surface area contributed by atoms with Gasteiger partial charge in [-0.25, -0.2) is 0 Å². The van der Waals surface area contributed by atoms with Crippen LogP contribution in [0.5, 0.6) is 5.75 Å². The molecule has 1 aromatic rings. The average molecular weight is 323 g/mol. The van der Waals surface area contributed by atoms with Crippen LogP contribution in [0.4, 0.5) is 0 Å². The van der Waals surface area contributed by atoms with Crippen LogP contribution in [-0.4, -0.2) is 32.1 Å². The van der Waals surface area contributed by atoms with E-state index in [2.05, 4.69) is 17.6 Å². The van der Waals surface area contributed by atoms with E-state index in [0.717, 1.165) is 43.8 Å². The highest BCUT2D eigenvalue weighted by atomic mass is 35.5. The fourth-order valence-corrected chi connectivity index (χ4v) is 3.38. The van der Waals surface area contributed by atoms with Gasteiger partial charge in [0.05, 0.1) is 5.92 Å². The maximum Gasteiger partial charge on any atom is 0.226 e. The molecule has 1 aromatic carbocycles. The molecule has 1 fully saturated rings. The molecule has 5 heteroatoms. The Morgan fingerprint density at radius 2 is 2.23 bits per heavy atom. The predicted molar refractivity (Wildman–Crippen MR) is 87.4 cm³/mol. The van der Waals surface area contributed by atoms with Gasteiger partial charge in [0.25, 0.3) is 0 Å². The number of nitrogens with one attached hydrogen (secondary N) is 2. The van der Waals surface area contributed by atoms with Crippen molar-refractivity contribution in [2.75, 3.05) is 26.2 Å². The Labute approximate surface area is 136 Å². The Hall–Kier alpha value is -1.26. The van der Waals surface area contributed by atoms with Crippen molar-refractivity contribution in [3.8, 4) is 5.75 Å². The second kappa shape index (κ2) is 6.47. The summed E-state index contributed by atoms with van der Waals surface area (Å²) >= 11 is 6.02. The van der Waals surface area contributed by atoms with Gasteiger partial charge in [0, 0.05) is 11.6 Å². The van der Waals surface area contributed by atoms with Gasteiger partial charge < -0.3 is 15.4 Å². The molecule has 1 unspecified atom stereocenters. The summed E-state index contributed by atoms with van der Waals surface area (Å²) in [5.74, 6) is 0.806. The largest absolute Gasteiger partial charge is 0.492 e. The number of amides is 1. The van der Waals surface area contributed by atoms with Crippen LogP contribution >= 0.6 is 11.6 Å². The molecule has 0 aromatic heterocycles. The fraction of sp³-hybridized carbons (Fsp3) is 0.588. The van der Waals surface area contributed by atoms with Gasteiger partial charge in [0.15, 0.2) is 0 Å². The zero-order chi connectivity index (χ0) is 15.6. The van der Waals surface area contributed by atoms with Gasteiger partial charge in [-0.2, -0.15) is 0 Å². The monoisotopic (exact) mass is 322 g/mol. The molecule has 120 valence electrons. The van der Waals surface area contributed by atoms with E-state index >= 15 is 0 Å². The smallest absolute Gasteiger partial charge is 0.226 e. The maximum atomic E-state index is 12.4. The number of rotatable bonds is 3. The molecule has 3 rings (SSSR count). The quantitative estimate of drug-likeness (QED) is 0.898. The van der Waals surface area contributed by atoms with E-state index in [1.54, 1.807) is 0 Å². The normalized spacial score (nSPS) is 23.3. The second-order valence-electron chi connectivity index (χ2n) is 6.74. The summed E-state index contributed by atoms with van der Waals surface area (Å²) in [7, 11) is 0. The van der Waals surface area contributed by atoms with Gasteiger partial charge in [0.1, 0.15) is 12.4 Å². The van der Waals surface area contributed by atoms with E-state index in [0.29, 0.717) is 18.1 Å². The number of carbonyl (C=O) groups is 1. The first-order valence-electron chi connectivity index (χ1n) is 7.95. The van der Waals surface area contributed by atoms with E-state index in [-0.39, 0.29) is 17.2 Å². The first kappa shape index (κ1) is 15.6. The van der Waals surface area contributed by atoms with Crippen molar-refractivity contribution in [2.45, 2.75) is 26.2 Å². The molecule has 1 amide bonds. The van der Waals surface area contributed by atoms with E-state index < -0.39 is 0 Å². The Morgan fingerprint density at radius 1 is 1.45 bits per heavy atom. The van der Waals surface area contributed by atoms with Crippen molar-refractivity contribution in [2.24, 2.45) is 11.3 Å². The average Bonchev–Trinajstić information content (AvgIpc) is 2.52. The molecule has 1 saturated heterocycles. The minimum absolute atomic E-state index is 0.0883. The van der Waals surface area contributed by atoms with Crippen LogP contribution in [0.1, 0.15) is 25.3 Å². The number of benzene rings is 1. The summed E-state index contributed by atoms with van der Waals surface area (Å²) in [5.41, 5.74) is 1.23. The maximum absolute atomic E-state index is 12.4. The highest BCUT2D eigenvalue weighted by Crippen LogP contribution is 2.30. The summed E-state index contributed by atoms with van der Waals surface area (Å²) in [6.07, 6.45) is 2.90. The lowest BCUT2D eigenvalue weighted by Gasteiger charge is -2.35. The van der Waals surface area contributed by atoms with Crippen molar-refractivity contribution < 1.29 is 9.53 Å². The number of hydrogen-bond acceptors (Lipinski definition) is 3. The number of halogens is 1. The highest BCUT2D eigenvalue weighted by Gasteiger charge is 2.30. The molecule has 0 spiro atoms. The lowest BCUT2D eigenvalue weighted by Crippen LogP contribution is -2.45. The topological polar surface area (TPSA) is 50.4 Å². The summed E-state index contributed by atoms with van der Waals surface area (Å²) in [6.45, 7) is 5.50. The van der Waals surface area contributed by atoms with Crippen LogP contribution < -0.4 is 15.4 Å². The molecule has 2 aliphatic heterocycles. The molecule has 1 atom stereocenters. The third kappa shape index (κ3) is 3.55. The van der Waals surface area contributed by atoms with Gasteiger partial charge in [-0.1, -0.05) is 18.5 Å². The molecule has 22 heavy (non-hydrogen) atoms. The van der Waals surface area contributed by atoms with E-state index in [4.69, 9.17) is 16.3 Å². The number of carbonyl (C=O) groups excluding carboxylic acids is 1. The summed E-state index contributed by atoms with van der Waals surface area (Å²) in [6, 6.07) is 5.59. The summed E-state index contributed by atoms with van der Waals surface area (Å²) in [4.78, 5) is 12.4. The van der Waals surface area contributed by atoms with E-state index in [1.807, 2.05) is 18.2 Å². The second-order valence-corrected chi connectivity index (χ2v) is 7.18. The standard InChI is InChI=1S/C17H23ClN2O2/c1-17(4-6-19-7-5-17)11-20-16(21)13-8-12-9-14(18)2-3-15(12)22-10-13/h2-3,9,13,19H,4-8,10-11H2,1H3,(H,20,21). The third-order valence-corrected chi connectivity index (χ3v) is 5.03. The fourth-order valence-electron chi connectivity index (χ4n) is 3.18. The number of fused-ring (bicyclic) bond motifs is 1. The van der Waals surface area contributed by atoms with Crippen LogP contribution in [0.15, 0.2) is 18.2 Å². The first-order chi connectivity index (χ1) is 10.6. The van der Waals surface area contributed by atoms with Crippen molar-refractivity contribution in [3.05, 3.63) is 28.8 Å². The van der Waals surface area contributed by atoms with E-state index in [9.17, 15) is 4.79 Å². The zero-order valence-electron chi connectivity index (χ0n) is 13.0. The Balaban J connectivity index is 1.57. The Morgan fingerprint density at radius 3 is 3.00 bits per heavy atom. The van der Waals surface area contributed by atoms with E-state index in [1.165, 1.54) is 0 Å². The van der Waals surface area contributed by atoms with Crippen LogP contribution in [0, 0.1) is 11.3 Å². The van der Waals surface area contributed by atoms with Crippen molar-refractivity contribution >= 4 is 17.5 Å². The van der Waals surface area contributed by atoms with Crippen molar-refractivity contribution in [1.29, 1.82) is 0 Å². The molecule has 0 bridgehead atoms. The molecule has 0 saturated carbocycles. The summed E-state index contributed by atoms with van der Waals surface area (Å²) in [5, 5.41) is 7.18. The number of ether oxygens (including phenoxy) is 1. The Kier molecular flexibility index (Phi) is 4.59. The van der Waals surface area contributed by atoms with Crippen LogP contribution in [0.25, 0.3) is 0 Å². The van der Waals surface area contributed by atoms with Crippen LogP contribution in [-0.2, 0) is 11.2 Å². The Bertz CT molecular complexity index is 556. The number of piperidine rings is 1. The molecule has 2 aliphatic rings. The van der Waals surface area contributed by atoms with Crippen molar-refractivity contribution in [1.82, 2.24) is 10.6 Å². The lowest BCUT2D eigenvalue weighted by molar-refractivity contribution is -0.126. The zero-order valence-corrected chi connectivity index (χ0v) is 13.7. The molecule has 4 nitrogen and oxygen atoms in total. The van der Waals surface area contributed by atoms with Gasteiger partial charge >= 0.3 is 0 Å².